The van der Waals surface area contributed by atoms with E-state index in [1.165, 1.54) is 0 Å². The maximum Gasteiger partial charge on any atom is 0.0430 e. The van der Waals surface area contributed by atoms with Gasteiger partial charge in [0.15, 0.2) is 0 Å². The number of rotatable bonds is 6. The van der Waals surface area contributed by atoms with Gasteiger partial charge in [-0.15, -0.1) is 0 Å². The van der Waals surface area contributed by atoms with Crippen LogP contribution in [0.5, 0.6) is 0 Å². The molecule has 4 heteroatoms. The summed E-state index contributed by atoms with van der Waals surface area (Å²) in [4.78, 5) is 0. The maximum atomic E-state index is 8.07. The van der Waals surface area contributed by atoms with Crippen molar-refractivity contribution in [1.82, 2.24) is 0 Å². The van der Waals surface area contributed by atoms with Crippen LogP contribution in [0.4, 0.5) is 0 Å². The monoisotopic (exact) mass is 261 g/mol. The zero-order valence-electron chi connectivity index (χ0n) is 11.7. The first-order chi connectivity index (χ1) is 7.24. The molecule has 0 saturated heterocycles. The van der Waals surface area contributed by atoms with Gasteiger partial charge in [0.25, 0.3) is 0 Å². The summed E-state index contributed by atoms with van der Waals surface area (Å²) in [6, 6.07) is 0. The Morgan fingerprint density at radius 1 is 0.562 bits per heavy atom. The van der Waals surface area contributed by atoms with Crippen LogP contribution < -0.4 is 0 Å². The average molecular weight is 261 g/mol. The summed E-state index contributed by atoms with van der Waals surface area (Å²) in [5.74, 6) is 0. The second-order valence-electron chi connectivity index (χ2n) is 3.23. The zero-order valence-corrected chi connectivity index (χ0v) is 14.8. The van der Waals surface area contributed by atoms with Crippen molar-refractivity contribution in [3.8, 4) is 0 Å². The van der Waals surface area contributed by atoms with Gasteiger partial charge in [-0.1, -0.05) is 40.0 Å². The maximum absolute atomic E-state index is 8.07. The standard InChI is InChI=1S/3C4H10O.K/c3*1-2-3-4-5;/h3*5H,2-4H2,1H3;. The van der Waals surface area contributed by atoms with E-state index >= 15 is 0 Å². The molecule has 0 aromatic heterocycles. The van der Waals surface area contributed by atoms with Crippen molar-refractivity contribution in [2.45, 2.75) is 59.3 Å². The molecule has 0 aliphatic carbocycles. The molecule has 0 heterocycles. The molecule has 97 valence electrons. The smallest absolute Gasteiger partial charge is 0.0430 e. The van der Waals surface area contributed by atoms with E-state index in [0.717, 1.165) is 38.5 Å². The van der Waals surface area contributed by atoms with E-state index in [2.05, 4.69) is 20.8 Å². The van der Waals surface area contributed by atoms with E-state index in [1.54, 1.807) is 0 Å². The van der Waals surface area contributed by atoms with Crippen molar-refractivity contribution in [3.05, 3.63) is 0 Å². The van der Waals surface area contributed by atoms with Gasteiger partial charge in [-0.05, 0) is 19.3 Å². The molecule has 0 bridgehead atoms. The van der Waals surface area contributed by atoms with Gasteiger partial charge in [-0.2, -0.15) is 0 Å². The molecule has 3 nitrogen and oxygen atoms in total. The van der Waals surface area contributed by atoms with E-state index in [0.29, 0.717) is 19.8 Å². The van der Waals surface area contributed by atoms with Crippen LogP contribution >= 0.6 is 0 Å². The van der Waals surface area contributed by atoms with Gasteiger partial charge in [0.1, 0.15) is 0 Å². The molecule has 1 radical (unpaired) electrons. The fourth-order valence-corrected chi connectivity index (χ4v) is 0.474. The van der Waals surface area contributed by atoms with E-state index < -0.39 is 0 Å². The minimum absolute atomic E-state index is 0. The summed E-state index contributed by atoms with van der Waals surface area (Å²) in [7, 11) is 0. The number of hydrogen-bond acceptors (Lipinski definition) is 3. The quantitative estimate of drug-likeness (QED) is 0.641. The zero-order chi connectivity index (χ0) is 12.4. The minimum Gasteiger partial charge on any atom is -0.396 e. The molecular weight excluding hydrogens is 231 g/mol. The van der Waals surface area contributed by atoms with Crippen molar-refractivity contribution in [2.24, 2.45) is 0 Å². The number of aliphatic hydroxyl groups is 3. The Bertz CT molecular complexity index is 53.0. The molecule has 0 aliphatic heterocycles. The van der Waals surface area contributed by atoms with Crippen molar-refractivity contribution >= 4 is 51.4 Å². The molecule has 0 unspecified atom stereocenters. The van der Waals surface area contributed by atoms with E-state index in [9.17, 15) is 0 Å². The predicted molar refractivity (Wildman–Crippen MR) is 71.7 cm³/mol. The number of aliphatic hydroxyl groups excluding tert-OH is 3. The summed E-state index contributed by atoms with van der Waals surface area (Å²) in [5, 5.41) is 24.2. The topological polar surface area (TPSA) is 60.7 Å². The molecule has 0 rings (SSSR count). The van der Waals surface area contributed by atoms with Crippen LogP contribution in [0.3, 0.4) is 0 Å². The minimum atomic E-state index is 0. The Morgan fingerprint density at radius 2 is 0.750 bits per heavy atom. The van der Waals surface area contributed by atoms with Crippen LogP contribution in [-0.4, -0.2) is 86.5 Å². The fourth-order valence-electron chi connectivity index (χ4n) is 0.474. The first kappa shape index (κ1) is 26.2. The summed E-state index contributed by atoms with van der Waals surface area (Å²) in [6.45, 7) is 7.19. The first-order valence-electron chi connectivity index (χ1n) is 6.07. The van der Waals surface area contributed by atoms with Crippen molar-refractivity contribution in [3.63, 3.8) is 0 Å². The van der Waals surface area contributed by atoms with Gasteiger partial charge in [0, 0.05) is 71.2 Å². The molecule has 0 aromatic rings. The van der Waals surface area contributed by atoms with Crippen LogP contribution in [0.2, 0.25) is 0 Å². The predicted octanol–water partition coefficient (Wildman–Crippen LogP) is 1.96. The van der Waals surface area contributed by atoms with Crippen LogP contribution in [0, 0.1) is 0 Å². The van der Waals surface area contributed by atoms with Crippen molar-refractivity contribution in [2.75, 3.05) is 19.8 Å². The third-order valence-corrected chi connectivity index (χ3v) is 1.54. The fraction of sp³-hybridized carbons (Fsp3) is 1.00. The molecule has 16 heavy (non-hydrogen) atoms. The molecule has 0 spiro atoms. The van der Waals surface area contributed by atoms with Gasteiger partial charge in [-0.25, -0.2) is 0 Å². The Morgan fingerprint density at radius 3 is 0.750 bits per heavy atom. The first-order valence-corrected chi connectivity index (χ1v) is 6.07. The molecular formula is C12H30KO3. The van der Waals surface area contributed by atoms with E-state index in [1.807, 2.05) is 0 Å². The largest absolute Gasteiger partial charge is 0.396 e. The summed E-state index contributed by atoms with van der Waals surface area (Å²) >= 11 is 0. The summed E-state index contributed by atoms with van der Waals surface area (Å²) in [6.07, 6.45) is 6.11. The summed E-state index contributed by atoms with van der Waals surface area (Å²) < 4.78 is 0. The normalized spacial score (nSPS) is 7.88. The molecule has 0 aliphatic rings. The van der Waals surface area contributed by atoms with Crippen LogP contribution in [0.15, 0.2) is 0 Å². The van der Waals surface area contributed by atoms with Gasteiger partial charge in [0.05, 0.1) is 0 Å². The van der Waals surface area contributed by atoms with Crippen LogP contribution in [0.1, 0.15) is 59.3 Å². The molecule has 3 N–H and O–H groups in total. The second kappa shape index (κ2) is 36.0. The third kappa shape index (κ3) is 57.9. The van der Waals surface area contributed by atoms with E-state index in [4.69, 9.17) is 15.3 Å². The number of unbranched alkanes of at least 4 members (excludes halogenated alkanes) is 3. The second-order valence-corrected chi connectivity index (χ2v) is 3.23. The van der Waals surface area contributed by atoms with E-state index in [-0.39, 0.29) is 51.4 Å². The third-order valence-electron chi connectivity index (χ3n) is 1.54. The Kier molecular flexibility index (Phi) is 58.8. The van der Waals surface area contributed by atoms with Crippen LogP contribution in [0.25, 0.3) is 0 Å². The molecule has 0 saturated carbocycles. The van der Waals surface area contributed by atoms with Gasteiger partial charge < -0.3 is 15.3 Å². The number of hydrogen-bond donors (Lipinski definition) is 3. The Balaban J connectivity index is -0.0000000655. The molecule has 0 atom stereocenters. The van der Waals surface area contributed by atoms with Gasteiger partial charge in [0.2, 0.25) is 0 Å². The molecule has 0 fully saturated rings. The summed E-state index contributed by atoms with van der Waals surface area (Å²) in [5.41, 5.74) is 0. The molecule has 0 aromatic carbocycles. The van der Waals surface area contributed by atoms with Gasteiger partial charge >= 0.3 is 0 Å². The van der Waals surface area contributed by atoms with Crippen molar-refractivity contribution < 1.29 is 15.3 Å². The Hall–Kier alpha value is 1.52. The van der Waals surface area contributed by atoms with Crippen LogP contribution in [-0.2, 0) is 0 Å². The van der Waals surface area contributed by atoms with Crippen molar-refractivity contribution in [1.29, 1.82) is 0 Å². The van der Waals surface area contributed by atoms with Gasteiger partial charge in [-0.3, -0.25) is 0 Å². The average Bonchev–Trinajstić information content (AvgIpc) is 2.23. The molecule has 0 amide bonds. The SMILES string of the molecule is CCCCO.CCCCO.CCCCO.[K]. The Labute approximate surface area is 144 Å².